The first-order valence-corrected chi connectivity index (χ1v) is 7.11. The van der Waals surface area contributed by atoms with Crippen LogP contribution in [0.25, 0.3) is 0 Å². The summed E-state index contributed by atoms with van der Waals surface area (Å²) >= 11 is 0. The van der Waals surface area contributed by atoms with Crippen molar-refractivity contribution in [2.45, 2.75) is 25.7 Å². The van der Waals surface area contributed by atoms with Crippen molar-refractivity contribution in [2.24, 2.45) is 0 Å². The summed E-state index contributed by atoms with van der Waals surface area (Å²) in [5, 5.41) is 9.38. The molecule has 1 aromatic heterocycles. The molecule has 0 aliphatic heterocycles. The molecule has 0 saturated heterocycles. The standard InChI is InChI=1S/C15H23N3O2/c1-17(2)8-5-9-18(3)14-12(15(19)20)10-11-6-4-7-13(11)16-14/h10H,4-9H2,1-3H3,(H,19,20). The number of anilines is 1. The summed E-state index contributed by atoms with van der Waals surface area (Å²) in [5.41, 5.74) is 2.51. The lowest BCUT2D eigenvalue weighted by molar-refractivity contribution is 0.0697. The van der Waals surface area contributed by atoms with Crippen molar-refractivity contribution < 1.29 is 9.90 Å². The highest BCUT2D eigenvalue weighted by Crippen LogP contribution is 2.27. The Labute approximate surface area is 120 Å². The largest absolute Gasteiger partial charge is 0.478 e. The van der Waals surface area contributed by atoms with Crippen LogP contribution in [0.3, 0.4) is 0 Å². The Morgan fingerprint density at radius 3 is 2.70 bits per heavy atom. The summed E-state index contributed by atoms with van der Waals surface area (Å²) in [5.74, 6) is -0.279. The van der Waals surface area contributed by atoms with Crippen molar-refractivity contribution >= 4 is 11.8 Å². The van der Waals surface area contributed by atoms with Crippen molar-refractivity contribution in [3.05, 3.63) is 22.9 Å². The predicted molar refractivity (Wildman–Crippen MR) is 79.7 cm³/mol. The summed E-state index contributed by atoms with van der Waals surface area (Å²) in [6.07, 6.45) is 3.98. The van der Waals surface area contributed by atoms with Gasteiger partial charge in [0.15, 0.2) is 0 Å². The quantitative estimate of drug-likeness (QED) is 0.857. The molecule has 20 heavy (non-hydrogen) atoms. The molecule has 1 N–H and O–H groups in total. The van der Waals surface area contributed by atoms with Gasteiger partial charge in [0, 0.05) is 19.3 Å². The maximum atomic E-state index is 11.4. The zero-order valence-corrected chi connectivity index (χ0v) is 12.5. The molecule has 0 fully saturated rings. The number of carboxylic acids is 1. The SMILES string of the molecule is CN(C)CCCN(C)c1nc2c(cc1C(=O)O)CCC2. The Kier molecular flexibility index (Phi) is 4.60. The number of aryl methyl sites for hydroxylation is 2. The second-order valence-electron chi connectivity index (χ2n) is 5.70. The maximum absolute atomic E-state index is 11.4. The molecule has 0 atom stereocenters. The highest BCUT2D eigenvalue weighted by Gasteiger charge is 2.21. The molecule has 1 heterocycles. The Balaban J connectivity index is 2.18. The number of pyridine rings is 1. The summed E-state index contributed by atoms with van der Waals surface area (Å²) in [6.45, 7) is 1.79. The molecule has 2 rings (SSSR count). The lowest BCUT2D eigenvalue weighted by atomic mass is 10.1. The van der Waals surface area contributed by atoms with Gasteiger partial charge in [0.25, 0.3) is 0 Å². The number of aromatic nitrogens is 1. The first-order chi connectivity index (χ1) is 9.49. The highest BCUT2D eigenvalue weighted by molar-refractivity contribution is 5.93. The Bertz CT molecular complexity index is 500. The first-order valence-electron chi connectivity index (χ1n) is 7.11. The molecule has 0 unspecified atom stereocenters. The molecule has 0 bridgehead atoms. The number of hydrogen-bond donors (Lipinski definition) is 1. The molecule has 110 valence electrons. The van der Waals surface area contributed by atoms with Gasteiger partial charge in [0.05, 0.1) is 0 Å². The van der Waals surface area contributed by atoms with Crippen LogP contribution in [0.4, 0.5) is 5.82 Å². The molecular weight excluding hydrogens is 254 g/mol. The number of rotatable bonds is 6. The molecule has 0 radical (unpaired) electrons. The minimum Gasteiger partial charge on any atom is -0.478 e. The molecule has 1 aliphatic carbocycles. The van der Waals surface area contributed by atoms with Crippen LogP contribution < -0.4 is 4.90 Å². The zero-order valence-electron chi connectivity index (χ0n) is 12.5. The highest BCUT2D eigenvalue weighted by atomic mass is 16.4. The topological polar surface area (TPSA) is 56.7 Å². The van der Waals surface area contributed by atoms with Gasteiger partial charge in [-0.3, -0.25) is 0 Å². The summed E-state index contributed by atoms with van der Waals surface area (Å²) in [6, 6.07) is 1.81. The number of fused-ring (bicyclic) bond motifs is 1. The summed E-state index contributed by atoms with van der Waals surface area (Å²) in [4.78, 5) is 20.1. The molecule has 0 aromatic carbocycles. The lowest BCUT2D eigenvalue weighted by Crippen LogP contribution is -2.26. The lowest BCUT2D eigenvalue weighted by Gasteiger charge is -2.22. The zero-order chi connectivity index (χ0) is 14.7. The third-order valence-electron chi connectivity index (χ3n) is 3.72. The molecular formula is C15H23N3O2. The first kappa shape index (κ1) is 14.8. The maximum Gasteiger partial charge on any atom is 0.339 e. The Morgan fingerprint density at radius 1 is 1.30 bits per heavy atom. The fourth-order valence-corrected chi connectivity index (χ4v) is 2.64. The van der Waals surface area contributed by atoms with Crippen LogP contribution >= 0.6 is 0 Å². The van der Waals surface area contributed by atoms with Crippen LogP contribution in [0.5, 0.6) is 0 Å². The monoisotopic (exact) mass is 277 g/mol. The number of carboxylic acid groups (broad SMARTS) is 1. The van der Waals surface area contributed by atoms with Gasteiger partial charge in [-0.15, -0.1) is 0 Å². The second kappa shape index (κ2) is 6.22. The molecule has 0 amide bonds. The Hall–Kier alpha value is -1.62. The molecule has 1 aromatic rings. The van der Waals surface area contributed by atoms with Crippen LogP contribution in [0.2, 0.25) is 0 Å². The van der Waals surface area contributed by atoms with Gasteiger partial charge in [0.1, 0.15) is 11.4 Å². The van der Waals surface area contributed by atoms with Crippen molar-refractivity contribution in [1.82, 2.24) is 9.88 Å². The van der Waals surface area contributed by atoms with E-state index in [0.717, 1.165) is 50.0 Å². The van der Waals surface area contributed by atoms with E-state index in [1.165, 1.54) is 0 Å². The molecule has 5 nitrogen and oxygen atoms in total. The van der Waals surface area contributed by atoms with E-state index in [9.17, 15) is 9.90 Å². The van der Waals surface area contributed by atoms with E-state index in [1.54, 1.807) is 0 Å². The van der Waals surface area contributed by atoms with Gasteiger partial charge in [-0.2, -0.15) is 0 Å². The number of aromatic carboxylic acids is 1. The summed E-state index contributed by atoms with van der Waals surface area (Å²) in [7, 11) is 6.00. The summed E-state index contributed by atoms with van der Waals surface area (Å²) < 4.78 is 0. The van der Waals surface area contributed by atoms with Crippen molar-refractivity contribution in [3.8, 4) is 0 Å². The van der Waals surface area contributed by atoms with Crippen LogP contribution in [-0.2, 0) is 12.8 Å². The van der Waals surface area contributed by atoms with Gasteiger partial charge >= 0.3 is 5.97 Å². The van der Waals surface area contributed by atoms with E-state index in [4.69, 9.17) is 0 Å². The van der Waals surface area contributed by atoms with Gasteiger partial charge in [-0.05, 0) is 58.0 Å². The average Bonchev–Trinajstić information content (AvgIpc) is 2.83. The minimum atomic E-state index is -0.887. The van der Waals surface area contributed by atoms with Crippen LogP contribution in [0.1, 0.15) is 34.5 Å². The van der Waals surface area contributed by atoms with E-state index < -0.39 is 5.97 Å². The van der Waals surface area contributed by atoms with Crippen molar-refractivity contribution in [2.75, 3.05) is 39.1 Å². The minimum absolute atomic E-state index is 0.331. The third-order valence-corrected chi connectivity index (χ3v) is 3.72. The number of nitrogens with zero attached hydrogens (tertiary/aromatic N) is 3. The van der Waals surface area contributed by atoms with Crippen LogP contribution in [0, 0.1) is 0 Å². The molecule has 5 heteroatoms. The van der Waals surface area contributed by atoms with Crippen LogP contribution in [0.15, 0.2) is 6.07 Å². The van der Waals surface area contributed by atoms with Gasteiger partial charge in [-0.25, -0.2) is 9.78 Å². The van der Waals surface area contributed by atoms with E-state index in [2.05, 4.69) is 9.88 Å². The third kappa shape index (κ3) is 3.28. The van der Waals surface area contributed by atoms with Gasteiger partial charge in [0.2, 0.25) is 0 Å². The van der Waals surface area contributed by atoms with Gasteiger partial charge in [-0.1, -0.05) is 0 Å². The average molecular weight is 277 g/mol. The van der Waals surface area contributed by atoms with Crippen molar-refractivity contribution in [1.29, 1.82) is 0 Å². The molecule has 1 aliphatic rings. The second-order valence-corrected chi connectivity index (χ2v) is 5.70. The van der Waals surface area contributed by atoms with E-state index in [-0.39, 0.29) is 0 Å². The Morgan fingerprint density at radius 2 is 2.05 bits per heavy atom. The van der Waals surface area contributed by atoms with E-state index in [0.29, 0.717) is 11.4 Å². The van der Waals surface area contributed by atoms with Gasteiger partial charge < -0.3 is 14.9 Å². The van der Waals surface area contributed by atoms with E-state index in [1.807, 2.05) is 32.1 Å². The smallest absolute Gasteiger partial charge is 0.339 e. The number of carbonyl (C=O) groups is 1. The molecule has 0 saturated carbocycles. The van der Waals surface area contributed by atoms with E-state index >= 15 is 0 Å². The fourth-order valence-electron chi connectivity index (χ4n) is 2.64. The number of hydrogen-bond acceptors (Lipinski definition) is 4. The van der Waals surface area contributed by atoms with Crippen LogP contribution in [-0.4, -0.2) is 55.2 Å². The predicted octanol–water partition coefficient (Wildman–Crippen LogP) is 1.66. The normalized spacial score (nSPS) is 13.6. The van der Waals surface area contributed by atoms with Crippen molar-refractivity contribution in [3.63, 3.8) is 0 Å². The molecule has 0 spiro atoms. The fraction of sp³-hybridized carbons (Fsp3) is 0.600.